The van der Waals surface area contributed by atoms with Crippen molar-refractivity contribution < 1.29 is 14.3 Å². The maximum absolute atomic E-state index is 11.5. The van der Waals surface area contributed by atoms with Gasteiger partial charge in [0.15, 0.2) is 0 Å². The zero-order chi connectivity index (χ0) is 19.2. The number of rotatable bonds is 3. The van der Waals surface area contributed by atoms with E-state index in [1.807, 2.05) is 0 Å². The predicted octanol–water partition coefficient (Wildman–Crippen LogP) is 5.85. The molecule has 0 aromatic heterocycles. The number of carbonyl (C=O) groups excluding carboxylic acids is 1. The number of methoxy groups -OCH3 is 1. The van der Waals surface area contributed by atoms with Crippen LogP contribution >= 0.6 is 0 Å². The number of hydrogen-bond acceptors (Lipinski definition) is 3. The average Bonchev–Trinajstić information content (AvgIpc) is 2.76. The lowest BCUT2D eigenvalue weighted by atomic mass is 9.77. The van der Waals surface area contributed by atoms with Crippen LogP contribution < -0.4 is 0 Å². The third-order valence-electron chi connectivity index (χ3n) is 6.43. The zero-order valence-electron chi connectivity index (χ0n) is 16.9. The summed E-state index contributed by atoms with van der Waals surface area (Å²) in [7, 11) is 1.73. The topological polar surface area (TPSA) is 35.5 Å². The van der Waals surface area contributed by atoms with E-state index in [1.54, 1.807) is 7.11 Å². The third kappa shape index (κ3) is 3.11. The highest BCUT2D eigenvalue weighted by Crippen LogP contribution is 2.50. The van der Waals surface area contributed by atoms with Gasteiger partial charge in [0, 0.05) is 18.4 Å². The number of ether oxygens (including phenoxy) is 2. The molecule has 0 radical (unpaired) electrons. The van der Waals surface area contributed by atoms with Crippen LogP contribution in [-0.4, -0.2) is 13.4 Å². The summed E-state index contributed by atoms with van der Waals surface area (Å²) in [6.45, 7) is 7.07. The van der Waals surface area contributed by atoms with Gasteiger partial charge in [0.25, 0.3) is 0 Å². The second-order valence-corrected chi connectivity index (χ2v) is 8.99. The molecular formula is C24H30O3. The molecule has 0 saturated carbocycles. The van der Waals surface area contributed by atoms with Crippen LogP contribution in [-0.2, 0) is 20.7 Å². The molecule has 0 spiro atoms. The van der Waals surface area contributed by atoms with Gasteiger partial charge in [0.05, 0.1) is 12.7 Å². The van der Waals surface area contributed by atoms with Crippen molar-refractivity contribution in [3.8, 4) is 0 Å². The fourth-order valence-electron chi connectivity index (χ4n) is 5.32. The van der Waals surface area contributed by atoms with Crippen LogP contribution in [0.5, 0.6) is 0 Å². The van der Waals surface area contributed by atoms with Gasteiger partial charge in [-0.15, -0.1) is 0 Å². The molecule has 2 atom stereocenters. The maximum Gasteiger partial charge on any atom is 0.131 e. The fraction of sp³-hybridized carbons (Fsp3) is 0.542. The molecule has 1 aromatic rings. The monoisotopic (exact) mass is 366 g/mol. The summed E-state index contributed by atoms with van der Waals surface area (Å²) < 4.78 is 12.1. The summed E-state index contributed by atoms with van der Waals surface area (Å²) >= 11 is 0. The first-order valence-corrected chi connectivity index (χ1v) is 10.2. The Morgan fingerprint density at radius 1 is 1.26 bits per heavy atom. The van der Waals surface area contributed by atoms with Crippen molar-refractivity contribution >= 4 is 11.9 Å². The number of benzene rings is 1. The minimum absolute atomic E-state index is 0.175. The highest BCUT2D eigenvalue weighted by atomic mass is 16.5. The summed E-state index contributed by atoms with van der Waals surface area (Å²) in [5, 5.41) is 0. The molecule has 4 rings (SSSR count). The molecule has 2 aliphatic carbocycles. The van der Waals surface area contributed by atoms with Gasteiger partial charge in [-0.3, -0.25) is 0 Å². The van der Waals surface area contributed by atoms with Crippen LogP contribution in [0.2, 0.25) is 0 Å². The normalized spacial score (nSPS) is 26.0. The Morgan fingerprint density at radius 2 is 2.07 bits per heavy atom. The van der Waals surface area contributed by atoms with Gasteiger partial charge in [0.2, 0.25) is 0 Å². The van der Waals surface area contributed by atoms with Gasteiger partial charge in [-0.1, -0.05) is 32.9 Å². The first-order chi connectivity index (χ1) is 12.9. The highest BCUT2D eigenvalue weighted by Gasteiger charge is 2.37. The number of aldehydes is 1. The van der Waals surface area contributed by atoms with Gasteiger partial charge in [0.1, 0.15) is 23.9 Å². The lowest BCUT2D eigenvalue weighted by molar-refractivity contribution is -0.110. The molecule has 0 bridgehead atoms. The summed E-state index contributed by atoms with van der Waals surface area (Å²) in [6, 6.07) is 4.55. The van der Waals surface area contributed by atoms with E-state index in [-0.39, 0.29) is 6.10 Å². The number of aryl methyl sites for hydroxylation is 1. The minimum Gasteiger partial charge on any atom is -0.496 e. The average molecular weight is 367 g/mol. The Labute approximate surface area is 162 Å². The molecule has 1 aromatic carbocycles. The van der Waals surface area contributed by atoms with E-state index in [0.29, 0.717) is 17.8 Å². The van der Waals surface area contributed by atoms with E-state index in [4.69, 9.17) is 9.47 Å². The standard InChI is InChI=1S/C24H30O3/c1-15-14-24(2,3)12-10-16-8-9-17-22-18(26-4)6-5-7-19(22)27-20(11-13-25)23(17)21(15)16/h6,8-9,13,15,20H,5,7,10-12,14H2,1-4H3. The van der Waals surface area contributed by atoms with Crippen molar-refractivity contribution in [2.75, 3.05) is 7.11 Å². The molecule has 3 nitrogen and oxygen atoms in total. The van der Waals surface area contributed by atoms with Crippen molar-refractivity contribution in [1.82, 2.24) is 0 Å². The van der Waals surface area contributed by atoms with E-state index >= 15 is 0 Å². The van der Waals surface area contributed by atoms with E-state index in [2.05, 4.69) is 39.0 Å². The first kappa shape index (κ1) is 18.3. The van der Waals surface area contributed by atoms with E-state index in [9.17, 15) is 4.79 Å². The lowest BCUT2D eigenvalue weighted by Gasteiger charge is -2.36. The molecule has 0 saturated heterocycles. The molecule has 3 heteroatoms. The van der Waals surface area contributed by atoms with Crippen LogP contribution in [0.1, 0.15) is 87.2 Å². The van der Waals surface area contributed by atoms with Crippen LogP contribution in [0.25, 0.3) is 5.57 Å². The third-order valence-corrected chi connectivity index (χ3v) is 6.43. The highest BCUT2D eigenvalue weighted by molar-refractivity contribution is 5.84. The van der Waals surface area contributed by atoms with Crippen molar-refractivity contribution in [2.24, 2.45) is 5.41 Å². The summed E-state index contributed by atoms with van der Waals surface area (Å²) in [5.41, 5.74) is 6.70. The van der Waals surface area contributed by atoms with Gasteiger partial charge < -0.3 is 14.3 Å². The van der Waals surface area contributed by atoms with Crippen molar-refractivity contribution in [2.45, 2.75) is 71.3 Å². The molecule has 144 valence electrons. The number of carbonyl (C=O) groups is 1. The number of allylic oxidation sites excluding steroid dienone is 3. The van der Waals surface area contributed by atoms with E-state index in [1.165, 1.54) is 28.7 Å². The quantitative estimate of drug-likeness (QED) is 0.497. The van der Waals surface area contributed by atoms with Gasteiger partial charge in [-0.05, 0) is 59.8 Å². The zero-order valence-corrected chi connectivity index (χ0v) is 16.9. The molecule has 0 amide bonds. The lowest BCUT2D eigenvalue weighted by Crippen LogP contribution is -2.21. The summed E-state index contributed by atoms with van der Waals surface area (Å²) in [5.74, 6) is 2.34. The molecule has 1 aliphatic heterocycles. The SMILES string of the molecule is COC1=CCCC2=C1c1ccc3c(c1C(CC=O)O2)C(C)CC(C)(C)CC3. The van der Waals surface area contributed by atoms with Gasteiger partial charge >= 0.3 is 0 Å². The summed E-state index contributed by atoms with van der Waals surface area (Å²) in [6.07, 6.45) is 8.62. The molecular weight excluding hydrogens is 336 g/mol. The largest absolute Gasteiger partial charge is 0.496 e. The Kier molecular flexibility index (Phi) is 4.65. The Morgan fingerprint density at radius 3 is 2.81 bits per heavy atom. The van der Waals surface area contributed by atoms with Gasteiger partial charge in [-0.2, -0.15) is 0 Å². The molecule has 27 heavy (non-hydrogen) atoms. The fourth-order valence-corrected chi connectivity index (χ4v) is 5.32. The maximum atomic E-state index is 11.5. The molecule has 0 N–H and O–H groups in total. The van der Waals surface area contributed by atoms with Crippen molar-refractivity contribution in [1.29, 1.82) is 0 Å². The van der Waals surface area contributed by atoms with E-state index < -0.39 is 0 Å². The van der Waals surface area contributed by atoms with Crippen molar-refractivity contribution in [3.63, 3.8) is 0 Å². The second kappa shape index (κ2) is 6.85. The van der Waals surface area contributed by atoms with E-state index in [0.717, 1.165) is 49.1 Å². The molecule has 0 fully saturated rings. The van der Waals surface area contributed by atoms with Crippen LogP contribution in [0.3, 0.4) is 0 Å². The van der Waals surface area contributed by atoms with Crippen molar-refractivity contribution in [3.05, 3.63) is 52.0 Å². The number of fused-ring (bicyclic) bond motifs is 4. The minimum atomic E-state index is -0.175. The van der Waals surface area contributed by atoms with Crippen LogP contribution in [0.15, 0.2) is 29.7 Å². The summed E-state index contributed by atoms with van der Waals surface area (Å²) in [4.78, 5) is 11.5. The number of hydrogen-bond donors (Lipinski definition) is 0. The second-order valence-electron chi connectivity index (χ2n) is 8.99. The van der Waals surface area contributed by atoms with Crippen LogP contribution in [0, 0.1) is 5.41 Å². The van der Waals surface area contributed by atoms with Gasteiger partial charge in [-0.25, -0.2) is 0 Å². The molecule has 1 heterocycles. The Hall–Kier alpha value is -2.03. The smallest absolute Gasteiger partial charge is 0.131 e. The van der Waals surface area contributed by atoms with Crippen LogP contribution in [0.4, 0.5) is 0 Å². The molecule has 2 unspecified atom stereocenters. The first-order valence-electron chi connectivity index (χ1n) is 10.2. The Bertz CT molecular complexity index is 828. The molecule has 3 aliphatic rings. The predicted molar refractivity (Wildman–Crippen MR) is 107 cm³/mol. The Balaban J connectivity index is 1.93.